The fourth-order valence-corrected chi connectivity index (χ4v) is 3.76. The summed E-state index contributed by atoms with van der Waals surface area (Å²) in [6, 6.07) is 12.7. The Morgan fingerprint density at radius 1 is 1.00 bits per heavy atom. The van der Waals surface area contributed by atoms with Crippen LogP contribution in [0.15, 0.2) is 54.7 Å². The summed E-state index contributed by atoms with van der Waals surface area (Å²) >= 11 is 0. The van der Waals surface area contributed by atoms with Crippen molar-refractivity contribution in [3.05, 3.63) is 65.9 Å². The van der Waals surface area contributed by atoms with Crippen molar-refractivity contribution in [3.8, 4) is 11.5 Å². The Labute approximate surface area is 220 Å². The average molecular weight is 532 g/mol. The Morgan fingerprint density at radius 3 is 2.39 bits per heavy atom. The minimum Gasteiger partial charge on any atom is -0.494 e. The topological polar surface area (TPSA) is 87.8 Å². The number of carbonyl (C=O) groups is 1. The number of halogens is 3. The number of aromatic nitrogens is 1. The molecule has 8 nitrogen and oxygen atoms in total. The number of likely N-dealkylation sites (N-methyl/N-ethyl adjacent to an activating group) is 1. The molecule has 3 N–H and O–H groups in total. The third kappa shape index (κ3) is 7.28. The van der Waals surface area contributed by atoms with E-state index < -0.39 is 17.6 Å². The molecule has 0 aliphatic rings. The van der Waals surface area contributed by atoms with Crippen molar-refractivity contribution in [2.75, 3.05) is 51.0 Å². The van der Waals surface area contributed by atoms with E-state index in [1.54, 1.807) is 30.3 Å². The number of methoxy groups -OCH3 is 1. The first-order chi connectivity index (χ1) is 18.2. The predicted molar refractivity (Wildman–Crippen MR) is 142 cm³/mol. The van der Waals surface area contributed by atoms with Gasteiger partial charge in [0.25, 0.3) is 5.91 Å². The van der Waals surface area contributed by atoms with Crippen LogP contribution in [0.3, 0.4) is 0 Å². The lowest BCUT2D eigenvalue weighted by molar-refractivity contribution is -0.137. The SMILES string of the molecule is CCN(CC)CCOc1ccc(Nc2cc(Nc3ccccc3C(=O)NC)c(C(F)(F)F)cn2)c(OC)c1. The van der Waals surface area contributed by atoms with Gasteiger partial charge in [-0.3, -0.25) is 4.79 Å². The van der Waals surface area contributed by atoms with Gasteiger partial charge in [-0.15, -0.1) is 0 Å². The van der Waals surface area contributed by atoms with E-state index in [9.17, 15) is 18.0 Å². The molecular formula is C27H32F3N5O3. The zero-order chi connectivity index (χ0) is 27.7. The first kappa shape index (κ1) is 28.6. The molecule has 0 aliphatic carbocycles. The molecular weight excluding hydrogens is 499 g/mol. The molecule has 0 spiro atoms. The van der Waals surface area contributed by atoms with E-state index in [1.165, 1.54) is 32.4 Å². The van der Waals surface area contributed by atoms with Crippen LogP contribution in [-0.2, 0) is 6.18 Å². The number of amides is 1. The number of alkyl halides is 3. The molecule has 0 radical (unpaired) electrons. The fraction of sp³-hybridized carbons (Fsp3) is 0.333. The fourth-order valence-electron chi connectivity index (χ4n) is 3.76. The molecule has 2 aromatic carbocycles. The first-order valence-electron chi connectivity index (χ1n) is 12.2. The van der Waals surface area contributed by atoms with Crippen LogP contribution in [0.4, 0.5) is 36.1 Å². The van der Waals surface area contributed by atoms with E-state index in [-0.39, 0.29) is 22.8 Å². The van der Waals surface area contributed by atoms with E-state index in [2.05, 4.69) is 39.7 Å². The van der Waals surface area contributed by atoms with Gasteiger partial charge in [0.05, 0.1) is 35.3 Å². The van der Waals surface area contributed by atoms with E-state index >= 15 is 0 Å². The number of rotatable bonds is 12. The summed E-state index contributed by atoms with van der Waals surface area (Å²) in [5, 5.41) is 8.25. The molecule has 0 saturated carbocycles. The van der Waals surface area contributed by atoms with Gasteiger partial charge in [0.15, 0.2) is 0 Å². The number of hydrogen-bond acceptors (Lipinski definition) is 7. The van der Waals surface area contributed by atoms with Crippen molar-refractivity contribution in [1.82, 2.24) is 15.2 Å². The molecule has 1 amide bonds. The maximum absolute atomic E-state index is 13.8. The molecule has 3 rings (SSSR count). The van der Waals surface area contributed by atoms with E-state index in [1.807, 2.05) is 0 Å². The van der Waals surface area contributed by atoms with Gasteiger partial charge < -0.3 is 30.3 Å². The third-order valence-electron chi connectivity index (χ3n) is 5.88. The third-order valence-corrected chi connectivity index (χ3v) is 5.88. The Bertz CT molecular complexity index is 1230. The minimum absolute atomic E-state index is 0.145. The second kappa shape index (κ2) is 13.0. The summed E-state index contributed by atoms with van der Waals surface area (Å²) in [6.07, 6.45) is -3.93. The zero-order valence-electron chi connectivity index (χ0n) is 21.8. The maximum Gasteiger partial charge on any atom is 0.419 e. The van der Waals surface area contributed by atoms with Crippen LogP contribution in [0.25, 0.3) is 0 Å². The molecule has 1 aromatic heterocycles. The van der Waals surface area contributed by atoms with Crippen LogP contribution in [0, 0.1) is 0 Å². The lowest BCUT2D eigenvalue weighted by Crippen LogP contribution is -2.27. The normalized spacial score (nSPS) is 11.3. The molecule has 0 saturated heterocycles. The molecule has 0 atom stereocenters. The Kier molecular flexibility index (Phi) is 9.78. The van der Waals surface area contributed by atoms with Gasteiger partial charge in [0, 0.05) is 31.9 Å². The van der Waals surface area contributed by atoms with Gasteiger partial charge in [-0.2, -0.15) is 13.2 Å². The van der Waals surface area contributed by atoms with Crippen molar-refractivity contribution in [2.45, 2.75) is 20.0 Å². The number of nitrogens with one attached hydrogen (secondary N) is 3. The molecule has 0 fully saturated rings. The van der Waals surface area contributed by atoms with E-state index in [0.29, 0.717) is 23.8 Å². The van der Waals surface area contributed by atoms with Crippen molar-refractivity contribution < 1.29 is 27.4 Å². The summed E-state index contributed by atoms with van der Waals surface area (Å²) in [5.74, 6) is 0.754. The lowest BCUT2D eigenvalue weighted by Gasteiger charge is -2.19. The number of nitrogens with zero attached hydrogens (tertiary/aromatic N) is 2. The number of hydrogen-bond donors (Lipinski definition) is 3. The second-order valence-corrected chi connectivity index (χ2v) is 8.23. The van der Waals surface area contributed by atoms with Crippen LogP contribution in [-0.4, -0.2) is 56.2 Å². The van der Waals surface area contributed by atoms with Gasteiger partial charge in [-0.05, 0) is 37.4 Å². The minimum atomic E-state index is -4.67. The summed E-state index contributed by atoms with van der Waals surface area (Å²) in [6.45, 7) is 7.32. The highest BCUT2D eigenvalue weighted by Gasteiger charge is 2.34. The van der Waals surface area contributed by atoms with Crippen LogP contribution in [0.1, 0.15) is 29.8 Å². The largest absolute Gasteiger partial charge is 0.494 e. The Morgan fingerprint density at radius 2 is 1.74 bits per heavy atom. The summed E-state index contributed by atoms with van der Waals surface area (Å²) < 4.78 is 52.6. The number of ether oxygens (including phenoxy) is 2. The van der Waals surface area contributed by atoms with Gasteiger partial charge in [-0.1, -0.05) is 26.0 Å². The molecule has 0 bridgehead atoms. The second-order valence-electron chi connectivity index (χ2n) is 8.23. The molecule has 204 valence electrons. The monoisotopic (exact) mass is 531 g/mol. The van der Waals surface area contributed by atoms with Crippen LogP contribution < -0.4 is 25.4 Å². The summed E-state index contributed by atoms with van der Waals surface area (Å²) in [4.78, 5) is 18.4. The van der Waals surface area contributed by atoms with E-state index in [4.69, 9.17) is 9.47 Å². The number of para-hydroxylation sites is 1. The smallest absolute Gasteiger partial charge is 0.419 e. The molecule has 0 aliphatic heterocycles. The van der Waals surface area contributed by atoms with Gasteiger partial charge in [0.2, 0.25) is 0 Å². The van der Waals surface area contributed by atoms with Gasteiger partial charge in [-0.25, -0.2) is 4.98 Å². The number of carbonyl (C=O) groups excluding carboxylic acids is 1. The molecule has 0 unspecified atom stereocenters. The molecule has 11 heteroatoms. The lowest BCUT2D eigenvalue weighted by atomic mass is 10.1. The maximum atomic E-state index is 13.8. The summed E-state index contributed by atoms with van der Waals surface area (Å²) in [5.41, 5.74) is -0.320. The van der Waals surface area contributed by atoms with Crippen molar-refractivity contribution in [2.24, 2.45) is 0 Å². The van der Waals surface area contributed by atoms with Crippen LogP contribution in [0.5, 0.6) is 11.5 Å². The number of pyridine rings is 1. The van der Waals surface area contributed by atoms with Gasteiger partial charge >= 0.3 is 6.18 Å². The summed E-state index contributed by atoms with van der Waals surface area (Å²) in [7, 11) is 2.94. The quantitative estimate of drug-likeness (QED) is 0.277. The van der Waals surface area contributed by atoms with Gasteiger partial charge in [0.1, 0.15) is 23.9 Å². The van der Waals surface area contributed by atoms with Crippen molar-refractivity contribution in [3.63, 3.8) is 0 Å². The number of benzene rings is 2. The highest BCUT2D eigenvalue weighted by molar-refractivity contribution is 6.00. The average Bonchev–Trinajstić information content (AvgIpc) is 2.91. The van der Waals surface area contributed by atoms with Crippen molar-refractivity contribution in [1.29, 1.82) is 0 Å². The molecule has 38 heavy (non-hydrogen) atoms. The first-order valence-corrected chi connectivity index (χ1v) is 12.2. The van der Waals surface area contributed by atoms with Crippen LogP contribution >= 0.6 is 0 Å². The predicted octanol–water partition coefficient (Wildman–Crippen LogP) is 5.68. The Balaban J connectivity index is 1.86. The molecule has 1 heterocycles. The number of anilines is 4. The Hall–Kier alpha value is -3.99. The molecule has 3 aromatic rings. The standard InChI is InChI=1S/C27H32F3N5O3/c1-5-35(6-2)13-14-38-18-11-12-22(24(15-18)37-4)34-25-16-23(20(17-32-25)27(28,29)30)33-21-10-8-7-9-19(21)26(36)31-3/h7-12,15-17H,5-6,13-14H2,1-4H3,(H,31,36)(H2,32,33,34). The van der Waals surface area contributed by atoms with Crippen LogP contribution in [0.2, 0.25) is 0 Å². The van der Waals surface area contributed by atoms with Crippen molar-refractivity contribution >= 4 is 28.8 Å². The van der Waals surface area contributed by atoms with E-state index in [0.717, 1.165) is 25.8 Å². The highest BCUT2D eigenvalue weighted by Crippen LogP contribution is 2.38. The zero-order valence-corrected chi connectivity index (χ0v) is 21.8. The highest BCUT2D eigenvalue weighted by atomic mass is 19.4.